The van der Waals surface area contributed by atoms with Gasteiger partial charge in [0.2, 0.25) is 11.8 Å². The second-order valence-corrected chi connectivity index (χ2v) is 17.8. The van der Waals surface area contributed by atoms with Crippen molar-refractivity contribution in [3.05, 3.63) is 102 Å². The largest absolute Gasteiger partial charge is 0.372 e. The lowest BCUT2D eigenvalue weighted by molar-refractivity contribution is -0.120. The van der Waals surface area contributed by atoms with Gasteiger partial charge in [-0.3, -0.25) is 24.7 Å². The molecular formula is C47H52FN11O4. The Kier molecular flexibility index (Phi) is 11.4. The van der Waals surface area contributed by atoms with E-state index in [1.54, 1.807) is 24.0 Å². The van der Waals surface area contributed by atoms with Crippen LogP contribution in [0, 0.1) is 11.7 Å². The number of carbonyl (C=O) groups is 3. The van der Waals surface area contributed by atoms with Crippen LogP contribution in [-0.2, 0) is 10.2 Å². The molecule has 6 heterocycles. The van der Waals surface area contributed by atoms with Gasteiger partial charge in [-0.1, -0.05) is 50.2 Å². The maximum atomic E-state index is 15.6. The molecule has 0 spiro atoms. The summed E-state index contributed by atoms with van der Waals surface area (Å²) in [5.74, 6) is -0.339. The molecule has 3 aromatic heterocycles. The number of urea groups is 1. The van der Waals surface area contributed by atoms with Crippen molar-refractivity contribution >= 4 is 45.9 Å². The first-order chi connectivity index (χ1) is 30.4. The van der Waals surface area contributed by atoms with E-state index in [1.807, 2.05) is 39.0 Å². The minimum absolute atomic E-state index is 0.0984. The highest BCUT2D eigenvalue weighted by Gasteiger charge is 2.28. The van der Waals surface area contributed by atoms with E-state index < -0.39 is 23.2 Å². The number of carbonyl (C=O) groups excluding carboxylic acids is 3. The van der Waals surface area contributed by atoms with E-state index >= 15 is 4.39 Å². The number of amides is 4. The number of anilines is 3. The van der Waals surface area contributed by atoms with Gasteiger partial charge < -0.3 is 24.6 Å². The van der Waals surface area contributed by atoms with Gasteiger partial charge in [0.05, 0.1) is 11.7 Å². The minimum atomic E-state index is -0.652. The second kappa shape index (κ2) is 17.2. The summed E-state index contributed by atoms with van der Waals surface area (Å²) in [7, 11) is 0. The summed E-state index contributed by atoms with van der Waals surface area (Å²) in [6, 6.07) is 22.6. The number of benzene rings is 3. The molecule has 3 N–H and O–H groups in total. The Morgan fingerprint density at radius 2 is 1.52 bits per heavy atom. The first-order valence-electron chi connectivity index (χ1n) is 21.7. The standard InChI is InChI=1S/C47H52FN11O4/c1-29(51-44(61)43-54-45(63-55-43)47(2,3)4)36-14-7-32(25-38(36)48)41-37-26-39(52-42(37)50-28-49-41)31-5-8-33(9-6-31)58-23-21-56(22-24-58)27-30-15-18-57(19-16-30)34-10-12-35(13-11-34)59-20-17-40(60)53-46(59)62/h5-14,25-26,28-30H,15-24,27H2,1-4H3,(H,51,61)(H,49,50,52)(H,53,60,62). The smallest absolute Gasteiger partial charge is 0.328 e. The molecule has 326 valence electrons. The van der Waals surface area contributed by atoms with Gasteiger partial charge in [-0.15, -0.1) is 0 Å². The van der Waals surface area contributed by atoms with Crippen LogP contribution in [0.4, 0.5) is 26.2 Å². The maximum absolute atomic E-state index is 15.6. The third-order valence-corrected chi connectivity index (χ3v) is 12.4. The van der Waals surface area contributed by atoms with Crippen LogP contribution in [0.2, 0.25) is 0 Å². The van der Waals surface area contributed by atoms with Crippen LogP contribution in [0.5, 0.6) is 0 Å². The number of aromatic nitrogens is 5. The van der Waals surface area contributed by atoms with Gasteiger partial charge in [0.1, 0.15) is 17.8 Å². The lowest BCUT2D eigenvalue weighted by atomic mass is 9.95. The number of rotatable bonds is 10. The van der Waals surface area contributed by atoms with E-state index in [1.165, 1.54) is 23.8 Å². The predicted molar refractivity (Wildman–Crippen MR) is 239 cm³/mol. The Morgan fingerprint density at radius 1 is 0.857 bits per heavy atom. The van der Waals surface area contributed by atoms with E-state index in [0.717, 1.165) is 81.0 Å². The number of piperazine rings is 1. The van der Waals surface area contributed by atoms with Crippen LogP contribution < -0.4 is 25.3 Å². The van der Waals surface area contributed by atoms with Gasteiger partial charge in [-0.05, 0) is 79.8 Å². The maximum Gasteiger partial charge on any atom is 0.328 e. The highest BCUT2D eigenvalue weighted by atomic mass is 19.1. The number of fused-ring (bicyclic) bond motifs is 1. The topological polar surface area (TPSA) is 169 Å². The molecule has 9 rings (SSSR count). The zero-order chi connectivity index (χ0) is 43.8. The number of H-pyrrole nitrogens is 1. The van der Waals surface area contributed by atoms with Crippen molar-refractivity contribution in [2.75, 3.05) is 67.1 Å². The van der Waals surface area contributed by atoms with Gasteiger partial charge in [-0.25, -0.2) is 19.2 Å². The number of hydrogen-bond acceptors (Lipinski definition) is 11. The summed E-state index contributed by atoms with van der Waals surface area (Å²) in [5, 5.41) is 9.74. The molecule has 16 heteroatoms. The number of nitrogens with one attached hydrogen (secondary N) is 3. The fraction of sp³-hybridized carbons (Fsp3) is 0.383. The lowest BCUT2D eigenvalue weighted by Crippen LogP contribution is -2.49. The first-order valence-corrected chi connectivity index (χ1v) is 21.7. The Bertz CT molecular complexity index is 2620. The molecule has 6 aromatic rings. The molecule has 3 aliphatic rings. The summed E-state index contributed by atoms with van der Waals surface area (Å²) in [4.78, 5) is 62.4. The van der Waals surface area contributed by atoms with Crippen molar-refractivity contribution in [1.82, 2.24) is 40.6 Å². The zero-order valence-corrected chi connectivity index (χ0v) is 36.0. The molecule has 3 saturated heterocycles. The van der Waals surface area contributed by atoms with E-state index in [0.29, 0.717) is 47.2 Å². The van der Waals surface area contributed by atoms with E-state index in [9.17, 15) is 14.4 Å². The molecule has 0 saturated carbocycles. The second-order valence-electron chi connectivity index (χ2n) is 17.8. The monoisotopic (exact) mass is 853 g/mol. The SMILES string of the molecule is CC(NC(=O)c1noc(C(C)(C)C)n1)c1ccc(-c2ncnc3[nH]c(-c4ccc(N5CCN(CC6CCN(c7ccc(N8CCC(=O)NC8=O)cc7)CC6)CC5)cc4)cc23)cc1F. The average molecular weight is 854 g/mol. The van der Waals surface area contributed by atoms with Crippen molar-refractivity contribution in [3.63, 3.8) is 0 Å². The molecule has 1 unspecified atom stereocenters. The molecule has 1 atom stereocenters. The van der Waals surface area contributed by atoms with Crippen LogP contribution >= 0.6 is 0 Å². The number of nitrogens with zero attached hydrogens (tertiary/aromatic N) is 8. The lowest BCUT2D eigenvalue weighted by Gasteiger charge is -2.40. The third-order valence-electron chi connectivity index (χ3n) is 12.4. The zero-order valence-electron chi connectivity index (χ0n) is 36.0. The summed E-state index contributed by atoms with van der Waals surface area (Å²) in [6.45, 7) is 15.0. The molecule has 0 aliphatic carbocycles. The van der Waals surface area contributed by atoms with Crippen LogP contribution in [-0.4, -0.2) is 100 Å². The van der Waals surface area contributed by atoms with Gasteiger partial charge in [0.15, 0.2) is 0 Å². The Morgan fingerprint density at radius 3 is 2.19 bits per heavy atom. The van der Waals surface area contributed by atoms with Crippen LogP contribution in [0.1, 0.15) is 75.1 Å². The summed E-state index contributed by atoms with van der Waals surface area (Å²) in [6.07, 6.45) is 4.08. The Hall–Kier alpha value is -6.68. The van der Waals surface area contributed by atoms with E-state index in [4.69, 9.17) is 4.52 Å². The molecule has 3 fully saturated rings. The van der Waals surface area contributed by atoms with Crippen molar-refractivity contribution < 1.29 is 23.3 Å². The van der Waals surface area contributed by atoms with Gasteiger partial charge >= 0.3 is 6.03 Å². The predicted octanol–water partition coefficient (Wildman–Crippen LogP) is 7.09. The fourth-order valence-electron chi connectivity index (χ4n) is 8.74. The van der Waals surface area contributed by atoms with E-state index in [-0.39, 0.29) is 17.8 Å². The minimum Gasteiger partial charge on any atom is -0.372 e. The van der Waals surface area contributed by atoms with Crippen LogP contribution in [0.15, 0.2) is 83.6 Å². The molecule has 0 bridgehead atoms. The average Bonchev–Trinajstić information content (AvgIpc) is 3.97. The molecule has 3 aromatic carbocycles. The molecule has 3 aliphatic heterocycles. The fourth-order valence-corrected chi connectivity index (χ4v) is 8.74. The molecule has 4 amide bonds. The highest BCUT2D eigenvalue weighted by Crippen LogP contribution is 2.33. The van der Waals surface area contributed by atoms with Gasteiger partial charge in [0.25, 0.3) is 11.7 Å². The number of halogens is 1. The van der Waals surface area contributed by atoms with Crippen molar-refractivity contribution in [2.45, 2.75) is 58.4 Å². The number of piperidine rings is 1. The quantitative estimate of drug-likeness (QED) is 0.129. The molecular weight excluding hydrogens is 802 g/mol. The number of hydrogen-bond donors (Lipinski definition) is 3. The van der Waals surface area contributed by atoms with Crippen LogP contribution in [0.25, 0.3) is 33.5 Å². The number of aromatic amines is 1. The van der Waals surface area contributed by atoms with Crippen LogP contribution in [0.3, 0.4) is 0 Å². The van der Waals surface area contributed by atoms with Crippen molar-refractivity contribution in [1.29, 1.82) is 0 Å². The van der Waals surface area contributed by atoms with Crippen molar-refractivity contribution in [2.24, 2.45) is 5.92 Å². The Labute approximate surface area is 365 Å². The Balaban J connectivity index is 0.768. The third kappa shape index (κ3) is 8.98. The first kappa shape index (κ1) is 41.7. The molecule has 63 heavy (non-hydrogen) atoms. The highest BCUT2D eigenvalue weighted by molar-refractivity contribution is 6.05. The van der Waals surface area contributed by atoms with Crippen molar-refractivity contribution in [3.8, 4) is 22.5 Å². The number of imide groups is 1. The summed E-state index contributed by atoms with van der Waals surface area (Å²) < 4.78 is 20.9. The van der Waals surface area contributed by atoms with Gasteiger partial charge in [-0.2, -0.15) is 4.98 Å². The normalized spacial score (nSPS) is 17.3. The van der Waals surface area contributed by atoms with E-state index in [2.05, 4.69) is 86.8 Å². The molecule has 0 radical (unpaired) electrons. The van der Waals surface area contributed by atoms with Gasteiger partial charge in [0, 0.05) is 103 Å². The summed E-state index contributed by atoms with van der Waals surface area (Å²) >= 11 is 0. The molecule has 15 nitrogen and oxygen atoms in total. The summed E-state index contributed by atoms with van der Waals surface area (Å²) in [5.41, 5.74) is 6.83.